The Morgan fingerprint density at radius 1 is 1.00 bits per heavy atom. The summed E-state index contributed by atoms with van der Waals surface area (Å²) in [7, 11) is 0. The molecule has 0 aliphatic heterocycles. The van der Waals surface area contributed by atoms with E-state index >= 15 is 0 Å². The van der Waals surface area contributed by atoms with Gasteiger partial charge in [-0.3, -0.25) is 0 Å². The molecule has 1 unspecified atom stereocenters. The molecule has 122 valence electrons. The van der Waals surface area contributed by atoms with Gasteiger partial charge in [0, 0.05) is 12.7 Å². The minimum Gasteiger partial charge on any atom is -0.366 e. The molecular formula is C19H19FN4. The molecule has 0 saturated carbocycles. The fourth-order valence-electron chi connectivity index (χ4n) is 2.34. The zero-order valence-corrected chi connectivity index (χ0v) is 13.4. The first-order valence-electron chi connectivity index (χ1n) is 7.83. The molecule has 24 heavy (non-hydrogen) atoms. The fourth-order valence-corrected chi connectivity index (χ4v) is 2.34. The summed E-state index contributed by atoms with van der Waals surface area (Å²) in [5, 5.41) is 6.51. The summed E-state index contributed by atoms with van der Waals surface area (Å²) < 4.78 is 12.9. The highest BCUT2D eigenvalue weighted by molar-refractivity contribution is 5.41. The molecule has 2 aromatic carbocycles. The molecule has 0 aliphatic rings. The summed E-state index contributed by atoms with van der Waals surface area (Å²) >= 11 is 0. The van der Waals surface area contributed by atoms with E-state index in [4.69, 9.17) is 0 Å². The zero-order valence-electron chi connectivity index (χ0n) is 13.4. The Labute approximate surface area is 140 Å². The van der Waals surface area contributed by atoms with Gasteiger partial charge in [0.15, 0.2) is 0 Å². The van der Waals surface area contributed by atoms with Gasteiger partial charge in [-0.1, -0.05) is 42.5 Å². The Hall–Kier alpha value is -2.95. The predicted molar refractivity (Wildman–Crippen MR) is 94.2 cm³/mol. The predicted octanol–water partition coefficient (Wildman–Crippen LogP) is 4.40. The molecule has 0 aliphatic carbocycles. The largest absolute Gasteiger partial charge is 0.366 e. The summed E-state index contributed by atoms with van der Waals surface area (Å²) in [4.78, 5) is 8.72. The van der Waals surface area contributed by atoms with Crippen molar-refractivity contribution in [1.29, 1.82) is 0 Å². The second-order valence-corrected chi connectivity index (χ2v) is 5.52. The lowest BCUT2D eigenvalue weighted by Crippen LogP contribution is -2.10. The van der Waals surface area contributed by atoms with Crippen LogP contribution >= 0.6 is 0 Å². The van der Waals surface area contributed by atoms with Gasteiger partial charge in [0.2, 0.25) is 5.95 Å². The monoisotopic (exact) mass is 322 g/mol. The smallest absolute Gasteiger partial charge is 0.225 e. The highest BCUT2D eigenvalue weighted by Crippen LogP contribution is 2.17. The van der Waals surface area contributed by atoms with Crippen LogP contribution in [0.5, 0.6) is 0 Å². The Morgan fingerprint density at radius 2 is 1.75 bits per heavy atom. The maximum Gasteiger partial charge on any atom is 0.225 e. The van der Waals surface area contributed by atoms with E-state index in [1.54, 1.807) is 18.3 Å². The molecule has 0 spiro atoms. The van der Waals surface area contributed by atoms with Crippen LogP contribution in [0.4, 0.5) is 16.2 Å². The first kappa shape index (κ1) is 15.9. The van der Waals surface area contributed by atoms with Crippen LogP contribution in [0.15, 0.2) is 66.9 Å². The third kappa shape index (κ3) is 4.29. The van der Waals surface area contributed by atoms with Crippen molar-refractivity contribution in [3.05, 3.63) is 83.8 Å². The fraction of sp³-hybridized carbons (Fsp3) is 0.158. The normalized spacial score (nSPS) is 11.8. The van der Waals surface area contributed by atoms with Crippen LogP contribution in [0.1, 0.15) is 24.1 Å². The number of anilines is 2. The Bertz CT molecular complexity index is 775. The van der Waals surface area contributed by atoms with Gasteiger partial charge in [0.1, 0.15) is 11.6 Å². The Balaban J connectivity index is 1.62. The summed E-state index contributed by atoms with van der Waals surface area (Å²) in [6.07, 6.45) is 1.71. The lowest BCUT2D eigenvalue weighted by molar-refractivity contribution is 0.627. The standard InChI is InChI=1S/C19H19FN4/c1-14(16-5-3-2-4-6-16)23-19-21-12-11-18(24-19)22-13-15-7-9-17(20)10-8-15/h2-12,14H,13H2,1H3,(H2,21,22,23,24). The number of nitrogens with one attached hydrogen (secondary N) is 2. The van der Waals surface area contributed by atoms with E-state index in [1.807, 2.05) is 24.3 Å². The van der Waals surface area contributed by atoms with Gasteiger partial charge in [0.05, 0.1) is 6.04 Å². The molecule has 0 bridgehead atoms. The zero-order chi connectivity index (χ0) is 16.8. The third-order valence-electron chi connectivity index (χ3n) is 3.69. The number of hydrogen-bond acceptors (Lipinski definition) is 4. The van der Waals surface area contributed by atoms with Crippen LogP contribution in [-0.4, -0.2) is 9.97 Å². The highest BCUT2D eigenvalue weighted by Gasteiger charge is 2.07. The van der Waals surface area contributed by atoms with Crippen molar-refractivity contribution in [3.8, 4) is 0 Å². The van der Waals surface area contributed by atoms with Gasteiger partial charge in [-0.25, -0.2) is 9.37 Å². The Morgan fingerprint density at radius 3 is 2.50 bits per heavy atom. The molecule has 3 aromatic rings. The van der Waals surface area contributed by atoms with Crippen molar-refractivity contribution >= 4 is 11.8 Å². The molecule has 0 radical (unpaired) electrons. The van der Waals surface area contributed by atoms with Crippen LogP contribution in [0.25, 0.3) is 0 Å². The lowest BCUT2D eigenvalue weighted by atomic mass is 10.1. The topological polar surface area (TPSA) is 49.8 Å². The van der Waals surface area contributed by atoms with Crippen molar-refractivity contribution in [3.63, 3.8) is 0 Å². The molecule has 1 atom stereocenters. The van der Waals surface area contributed by atoms with Crippen LogP contribution in [0.2, 0.25) is 0 Å². The molecule has 3 rings (SSSR count). The molecule has 4 nitrogen and oxygen atoms in total. The van der Waals surface area contributed by atoms with Gasteiger partial charge >= 0.3 is 0 Å². The van der Waals surface area contributed by atoms with Crippen molar-refractivity contribution < 1.29 is 4.39 Å². The van der Waals surface area contributed by atoms with Gasteiger partial charge in [-0.2, -0.15) is 4.98 Å². The maximum absolute atomic E-state index is 12.9. The molecule has 0 fully saturated rings. The first-order chi connectivity index (χ1) is 11.7. The SMILES string of the molecule is CC(Nc1nccc(NCc2ccc(F)cc2)n1)c1ccccc1. The summed E-state index contributed by atoms with van der Waals surface area (Å²) in [6.45, 7) is 2.64. The number of nitrogens with zero attached hydrogens (tertiary/aromatic N) is 2. The van der Waals surface area contributed by atoms with Crippen molar-refractivity contribution in [2.24, 2.45) is 0 Å². The first-order valence-corrected chi connectivity index (χ1v) is 7.83. The average molecular weight is 322 g/mol. The lowest BCUT2D eigenvalue weighted by Gasteiger charge is -2.14. The van der Waals surface area contributed by atoms with E-state index in [-0.39, 0.29) is 11.9 Å². The van der Waals surface area contributed by atoms with Crippen molar-refractivity contribution in [2.45, 2.75) is 19.5 Å². The number of halogens is 1. The van der Waals surface area contributed by atoms with Gasteiger partial charge in [0.25, 0.3) is 0 Å². The van der Waals surface area contributed by atoms with Crippen LogP contribution in [0.3, 0.4) is 0 Å². The van der Waals surface area contributed by atoms with E-state index in [2.05, 4.69) is 39.7 Å². The molecule has 1 aromatic heterocycles. The summed E-state index contributed by atoms with van der Waals surface area (Å²) in [6, 6.07) is 18.5. The number of rotatable bonds is 6. The molecule has 0 amide bonds. The molecule has 2 N–H and O–H groups in total. The van der Waals surface area contributed by atoms with Gasteiger partial charge < -0.3 is 10.6 Å². The van der Waals surface area contributed by atoms with Crippen LogP contribution in [0, 0.1) is 5.82 Å². The highest BCUT2D eigenvalue weighted by atomic mass is 19.1. The molecule has 5 heteroatoms. The van der Waals surface area contributed by atoms with Crippen molar-refractivity contribution in [2.75, 3.05) is 10.6 Å². The van der Waals surface area contributed by atoms with Crippen LogP contribution in [-0.2, 0) is 6.54 Å². The van der Waals surface area contributed by atoms with E-state index in [0.717, 1.165) is 11.4 Å². The summed E-state index contributed by atoms with van der Waals surface area (Å²) in [5.74, 6) is 1.05. The van der Waals surface area contributed by atoms with E-state index in [0.29, 0.717) is 12.5 Å². The number of hydrogen-bond donors (Lipinski definition) is 2. The third-order valence-corrected chi connectivity index (χ3v) is 3.69. The van der Waals surface area contributed by atoms with Crippen LogP contribution < -0.4 is 10.6 Å². The van der Waals surface area contributed by atoms with Crippen molar-refractivity contribution in [1.82, 2.24) is 9.97 Å². The van der Waals surface area contributed by atoms with E-state index < -0.39 is 0 Å². The number of aromatic nitrogens is 2. The summed E-state index contributed by atoms with van der Waals surface area (Å²) in [5.41, 5.74) is 2.16. The number of benzene rings is 2. The second-order valence-electron chi connectivity index (χ2n) is 5.52. The quantitative estimate of drug-likeness (QED) is 0.706. The van der Waals surface area contributed by atoms with E-state index in [9.17, 15) is 4.39 Å². The minimum atomic E-state index is -0.234. The average Bonchev–Trinajstić information content (AvgIpc) is 2.62. The minimum absolute atomic E-state index is 0.110. The van der Waals surface area contributed by atoms with Gasteiger partial charge in [-0.05, 0) is 36.2 Å². The molecule has 1 heterocycles. The van der Waals surface area contributed by atoms with E-state index in [1.165, 1.54) is 17.7 Å². The molecular weight excluding hydrogens is 303 g/mol. The maximum atomic E-state index is 12.9. The Kier molecular flexibility index (Phi) is 5.01. The molecule has 0 saturated heterocycles. The van der Waals surface area contributed by atoms with Gasteiger partial charge in [-0.15, -0.1) is 0 Å². The second kappa shape index (κ2) is 7.55.